The lowest BCUT2D eigenvalue weighted by Crippen LogP contribution is -2.24. The molecular weight excluding hydrogens is 379 g/mol. The Balaban J connectivity index is 2.95. The van der Waals surface area contributed by atoms with Crippen molar-refractivity contribution >= 4 is 40.6 Å². The van der Waals surface area contributed by atoms with E-state index in [1.807, 2.05) is 61.0 Å². The number of hydrogen-bond donors (Lipinski definition) is 2. The molecule has 0 amide bonds. The highest BCUT2D eigenvalue weighted by Crippen LogP contribution is 2.22. The second-order valence-electron chi connectivity index (χ2n) is 4.93. The van der Waals surface area contributed by atoms with E-state index in [0.717, 1.165) is 17.4 Å². The summed E-state index contributed by atoms with van der Waals surface area (Å²) < 4.78 is 2.91. The van der Waals surface area contributed by atoms with Gasteiger partial charge < -0.3 is 10.2 Å². The topological polar surface area (TPSA) is 70.0 Å². The van der Waals surface area contributed by atoms with Crippen LogP contribution in [0.2, 0.25) is 0 Å². The molecule has 0 aliphatic carbocycles. The van der Waals surface area contributed by atoms with Gasteiger partial charge in [0.15, 0.2) is 0 Å². The molecule has 1 rings (SSSR count). The number of Topliss-reactive ketones (excluding diaryl/α,β-unsaturated/α-hetero) is 1. The molecule has 5 heteroatoms. The number of rotatable bonds is 9. The van der Waals surface area contributed by atoms with Crippen molar-refractivity contribution in [2.75, 3.05) is 0 Å². The SMILES string of the molecule is CCC(=N)C(C(=O)CC)c1ccc(CC(C=O)NI)cc1. The van der Waals surface area contributed by atoms with Crippen molar-refractivity contribution in [1.82, 2.24) is 3.53 Å². The Morgan fingerprint density at radius 3 is 2.33 bits per heavy atom. The van der Waals surface area contributed by atoms with E-state index in [1.54, 1.807) is 0 Å². The summed E-state index contributed by atoms with van der Waals surface area (Å²) in [6, 6.07) is 7.44. The van der Waals surface area contributed by atoms with Crippen LogP contribution in [0.1, 0.15) is 43.7 Å². The average Bonchev–Trinajstić information content (AvgIpc) is 2.53. The Labute approximate surface area is 139 Å². The van der Waals surface area contributed by atoms with Gasteiger partial charge >= 0.3 is 0 Å². The molecule has 2 atom stereocenters. The smallest absolute Gasteiger partial charge is 0.145 e. The number of ketones is 1. The molecule has 0 radical (unpaired) electrons. The van der Waals surface area contributed by atoms with Crippen molar-refractivity contribution in [1.29, 1.82) is 5.41 Å². The molecule has 21 heavy (non-hydrogen) atoms. The fraction of sp³-hybridized carbons (Fsp3) is 0.438. The molecule has 0 saturated carbocycles. The molecular formula is C16H21IN2O2. The maximum atomic E-state index is 12.1. The predicted molar refractivity (Wildman–Crippen MR) is 93.2 cm³/mol. The lowest BCUT2D eigenvalue weighted by Gasteiger charge is -2.17. The normalized spacial score (nSPS) is 13.5. The molecule has 0 spiro atoms. The van der Waals surface area contributed by atoms with Crippen LogP contribution in [0.25, 0.3) is 0 Å². The summed E-state index contributed by atoms with van der Waals surface area (Å²) in [6.07, 6.45) is 2.51. The highest BCUT2D eigenvalue weighted by Gasteiger charge is 2.22. The molecule has 2 N–H and O–H groups in total. The van der Waals surface area contributed by atoms with Gasteiger partial charge in [0.05, 0.1) is 12.0 Å². The minimum absolute atomic E-state index is 0.0781. The minimum atomic E-state index is -0.432. The third-order valence-electron chi connectivity index (χ3n) is 3.47. The number of halogens is 1. The highest BCUT2D eigenvalue weighted by atomic mass is 127. The van der Waals surface area contributed by atoms with Gasteiger partial charge in [-0.05, 0) is 24.0 Å². The third-order valence-corrected chi connectivity index (χ3v) is 4.27. The molecule has 0 fully saturated rings. The lowest BCUT2D eigenvalue weighted by atomic mass is 9.87. The summed E-state index contributed by atoms with van der Waals surface area (Å²) in [5, 5.41) is 8.01. The molecule has 1 aromatic carbocycles. The number of benzene rings is 1. The summed E-state index contributed by atoms with van der Waals surface area (Å²) in [4.78, 5) is 22.9. The monoisotopic (exact) mass is 400 g/mol. The Morgan fingerprint density at radius 1 is 1.29 bits per heavy atom. The molecule has 0 saturated heterocycles. The summed E-state index contributed by atoms with van der Waals surface area (Å²) >= 11 is 1.97. The van der Waals surface area contributed by atoms with Crippen LogP contribution < -0.4 is 3.53 Å². The largest absolute Gasteiger partial charge is 0.309 e. The van der Waals surface area contributed by atoms with Gasteiger partial charge in [-0.1, -0.05) is 38.1 Å². The van der Waals surface area contributed by atoms with E-state index >= 15 is 0 Å². The number of carbonyl (C=O) groups is 2. The molecule has 2 unspecified atom stereocenters. The molecule has 0 heterocycles. The van der Waals surface area contributed by atoms with E-state index in [2.05, 4.69) is 3.53 Å². The maximum absolute atomic E-state index is 12.1. The first-order valence-corrected chi connectivity index (χ1v) is 8.15. The molecule has 0 bridgehead atoms. The van der Waals surface area contributed by atoms with E-state index in [0.29, 0.717) is 25.0 Å². The van der Waals surface area contributed by atoms with Gasteiger partial charge in [0.25, 0.3) is 0 Å². The van der Waals surface area contributed by atoms with Crippen LogP contribution in [0.5, 0.6) is 0 Å². The van der Waals surface area contributed by atoms with Gasteiger partial charge in [-0.15, -0.1) is 0 Å². The van der Waals surface area contributed by atoms with Crippen LogP contribution in [0.3, 0.4) is 0 Å². The molecule has 114 valence electrons. The zero-order chi connectivity index (χ0) is 15.8. The highest BCUT2D eigenvalue weighted by molar-refractivity contribution is 14.1. The zero-order valence-electron chi connectivity index (χ0n) is 12.4. The number of nitrogens with one attached hydrogen (secondary N) is 2. The predicted octanol–water partition coefficient (Wildman–Crippen LogP) is 3.23. The Bertz CT molecular complexity index is 484. The van der Waals surface area contributed by atoms with Crippen molar-refractivity contribution in [3.63, 3.8) is 0 Å². The van der Waals surface area contributed by atoms with Crippen LogP contribution in [0.4, 0.5) is 0 Å². The van der Waals surface area contributed by atoms with Gasteiger partial charge in [0.2, 0.25) is 0 Å². The molecule has 1 aromatic rings. The van der Waals surface area contributed by atoms with E-state index < -0.39 is 5.92 Å². The van der Waals surface area contributed by atoms with Crippen LogP contribution in [-0.2, 0) is 16.0 Å². The van der Waals surface area contributed by atoms with Crippen molar-refractivity contribution in [3.05, 3.63) is 35.4 Å². The summed E-state index contributed by atoms with van der Waals surface area (Å²) in [5.41, 5.74) is 2.35. The fourth-order valence-corrected chi connectivity index (χ4v) is 2.57. The first-order chi connectivity index (χ1) is 10.1. The lowest BCUT2D eigenvalue weighted by molar-refractivity contribution is -0.118. The van der Waals surface area contributed by atoms with Crippen LogP contribution in [-0.4, -0.2) is 23.8 Å². The minimum Gasteiger partial charge on any atom is -0.309 e. The quantitative estimate of drug-likeness (QED) is 0.290. The van der Waals surface area contributed by atoms with Crippen LogP contribution in [0, 0.1) is 5.41 Å². The first-order valence-electron chi connectivity index (χ1n) is 7.07. The second-order valence-corrected chi connectivity index (χ2v) is 5.55. The fourth-order valence-electron chi connectivity index (χ4n) is 2.20. The Hall–Kier alpha value is -1.08. The van der Waals surface area contributed by atoms with Gasteiger partial charge in [-0.2, -0.15) is 0 Å². The van der Waals surface area contributed by atoms with Crippen LogP contribution >= 0.6 is 22.9 Å². The summed E-state index contributed by atoms with van der Waals surface area (Å²) in [6.45, 7) is 3.72. The summed E-state index contributed by atoms with van der Waals surface area (Å²) in [5.74, 6) is -0.354. The van der Waals surface area contributed by atoms with E-state index in [9.17, 15) is 9.59 Å². The zero-order valence-corrected chi connectivity index (χ0v) is 14.5. The van der Waals surface area contributed by atoms with E-state index in [-0.39, 0.29) is 11.8 Å². The first kappa shape index (κ1) is 18.0. The number of carbonyl (C=O) groups excluding carboxylic acids is 2. The molecule has 4 nitrogen and oxygen atoms in total. The molecule has 0 aromatic heterocycles. The van der Waals surface area contributed by atoms with E-state index in [4.69, 9.17) is 5.41 Å². The van der Waals surface area contributed by atoms with Crippen molar-refractivity contribution in [2.45, 2.75) is 45.1 Å². The van der Waals surface area contributed by atoms with E-state index in [1.165, 1.54) is 0 Å². The Kier molecular flexibility index (Phi) is 7.74. The van der Waals surface area contributed by atoms with Crippen molar-refractivity contribution < 1.29 is 9.59 Å². The van der Waals surface area contributed by atoms with Crippen molar-refractivity contribution in [2.24, 2.45) is 0 Å². The van der Waals surface area contributed by atoms with Gasteiger partial charge in [0, 0.05) is 35.0 Å². The summed E-state index contributed by atoms with van der Waals surface area (Å²) in [7, 11) is 0. The maximum Gasteiger partial charge on any atom is 0.145 e. The van der Waals surface area contributed by atoms with Gasteiger partial charge in [-0.25, -0.2) is 0 Å². The van der Waals surface area contributed by atoms with Gasteiger partial charge in [-0.3, -0.25) is 8.32 Å². The molecule has 0 aliphatic rings. The molecule has 0 aliphatic heterocycles. The average molecular weight is 400 g/mol. The standard InChI is InChI=1S/C16H21IN2O2/c1-3-14(18)16(15(21)4-2)12-7-5-11(6-8-12)9-13(10-20)19-17/h5-8,10,13,16,18-19H,3-4,9H2,1-2H3. The third kappa shape index (κ3) is 5.00. The van der Waals surface area contributed by atoms with Crippen molar-refractivity contribution in [3.8, 4) is 0 Å². The van der Waals surface area contributed by atoms with Gasteiger partial charge in [0.1, 0.15) is 12.1 Å². The number of hydrogen-bond acceptors (Lipinski definition) is 4. The Morgan fingerprint density at radius 2 is 1.90 bits per heavy atom. The number of aldehydes is 1. The van der Waals surface area contributed by atoms with Crippen LogP contribution in [0.15, 0.2) is 24.3 Å². The second kappa shape index (κ2) is 9.04.